The van der Waals surface area contributed by atoms with Crippen LogP contribution in [0.25, 0.3) is 22.3 Å². The Morgan fingerprint density at radius 1 is 0.506 bits per heavy atom. The van der Waals surface area contributed by atoms with Crippen molar-refractivity contribution >= 4 is 59.8 Å². The Labute approximate surface area is 519 Å². The molecule has 0 fully saturated rings. The molecule has 0 aliphatic carbocycles. The van der Waals surface area contributed by atoms with Crippen molar-refractivity contribution in [2.75, 3.05) is 23.3 Å². The van der Waals surface area contributed by atoms with E-state index >= 15 is 0 Å². The van der Waals surface area contributed by atoms with Crippen LogP contribution in [0, 0.1) is 0 Å². The van der Waals surface area contributed by atoms with Crippen molar-refractivity contribution in [1.29, 1.82) is 0 Å². The lowest BCUT2D eigenvalue weighted by molar-refractivity contribution is -0.158. The maximum atomic E-state index is 13.7. The van der Waals surface area contributed by atoms with Gasteiger partial charge in [-0.15, -0.1) is 12.4 Å². The molecule has 8 rings (SSSR count). The van der Waals surface area contributed by atoms with Crippen LogP contribution in [0.1, 0.15) is 126 Å². The van der Waals surface area contributed by atoms with E-state index in [9.17, 15) is 28.8 Å². The van der Waals surface area contributed by atoms with Gasteiger partial charge in [0.2, 0.25) is 5.91 Å². The summed E-state index contributed by atoms with van der Waals surface area (Å²) in [4.78, 5) is 74.5. The number of alkyl carbamates (subject to hydrolysis) is 2. The average molecular weight is 1220 g/mol. The number of aliphatic carboxylic acids is 1. The molecule has 6 aromatic carbocycles. The van der Waals surface area contributed by atoms with Gasteiger partial charge in [0.05, 0.1) is 12.8 Å². The number of hydrogen-bond acceptors (Lipinski definition) is 13. The van der Waals surface area contributed by atoms with E-state index in [-0.39, 0.29) is 26.3 Å². The van der Waals surface area contributed by atoms with Crippen molar-refractivity contribution in [2.45, 2.75) is 164 Å². The van der Waals surface area contributed by atoms with Gasteiger partial charge in [0.15, 0.2) is 0 Å². The predicted molar refractivity (Wildman–Crippen MR) is 342 cm³/mol. The molecule has 2 aliphatic rings. The number of esters is 2. The lowest BCUT2D eigenvalue weighted by Gasteiger charge is -2.27. The van der Waals surface area contributed by atoms with Crippen LogP contribution < -0.4 is 30.3 Å². The number of carbonyl (C=O) groups excluding carboxylic acids is 5. The molecule has 2 atom stereocenters. The van der Waals surface area contributed by atoms with Gasteiger partial charge in [-0.25, -0.2) is 14.4 Å². The van der Waals surface area contributed by atoms with E-state index in [1.807, 2.05) is 48.5 Å². The number of hydrogen-bond donors (Lipinski definition) is 4. The summed E-state index contributed by atoms with van der Waals surface area (Å²) in [7, 11) is 0. The lowest BCUT2D eigenvalue weighted by atomic mass is 10.0. The Bertz CT molecular complexity index is 3160. The Morgan fingerprint density at radius 2 is 0.908 bits per heavy atom. The first-order valence-electron chi connectivity index (χ1n) is 28.5. The average Bonchev–Trinajstić information content (AvgIpc) is 2.50. The summed E-state index contributed by atoms with van der Waals surface area (Å²) in [5.41, 5.74) is 8.33. The van der Waals surface area contributed by atoms with Gasteiger partial charge >= 0.3 is 30.1 Å². The third-order valence-electron chi connectivity index (χ3n) is 12.5. The number of carbonyl (C=O) groups is 6. The van der Waals surface area contributed by atoms with Crippen LogP contribution in [-0.4, -0.2) is 88.7 Å². The number of nitrogens with zero attached hydrogens (tertiary/aromatic N) is 1. The minimum atomic E-state index is -1.39. The summed E-state index contributed by atoms with van der Waals surface area (Å²) in [6.45, 7) is 22.8. The molecule has 3 amide bonds. The third-order valence-corrected chi connectivity index (χ3v) is 12.5. The molecule has 87 heavy (non-hydrogen) atoms. The number of ether oxygens (including phenoxy) is 6. The molecule has 0 spiro atoms. The summed E-state index contributed by atoms with van der Waals surface area (Å²) in [6, 6.07) is 46.8. The molecule has 0 unspecified atom stereocenters. The first-order valence-corrected chi connectivity index (χ1v) is 28.5. The van der Waals surface area contributed by atoms with Crippen molar-refractivity contribution in [1.82, 2.24) is 10.6 Å². The second-order valence-electron chi connectivity index (χ2n) is 24.5. The van der Waals surface area contributed by atoms with Crippen LogP contribution in [0.4, 0.5) is 21.0 Å². The number of anilines is 2. The van der Waals surface area contributed by atoms with Crippen LogP contribution in [0.2, 0.25) is 0 Å². The van der Waals surface area contributed by atoms with Crippen molar-refractivity contribution in [3.63, 3.8) is 0 Å². The summed E-state index contributed by atoms with van der Waals surface area (Å²) in [6.07, 6.45) is -0.747. The number of fused-ring (bicyclic) bond motifs is 2. The normalized spacial score (nSPS) is 12.9. The molecule has 468 valence electrons. The Hall–Kier alpha value is -8.57. The Morgan fingerprint density at radius 3 is 1.34 bits per heavy atom. The van der Waals surface area contributed by atoms with Gasteiger partial charge in [-0.1, -0.05) is 117 Å². The highest BCUT2D eigenvalue weighted by Crippen LogP contribution is 2.33. The number of rotatable bonds is 16. The number of nitrogens with one attached hydrogen (secondary N) is 3. The zero-order chi connectivity index (χ0) is 62.1. The molecule has 0 saturated carbocycles. The number of carboxylic acid groups (broad SMARTS) is 1. The zero-order valence-corrected chi connectivity index (χ0v) is 52.2. The quantitative estimate of drug-likeness (QED) is 0.0524. The highest BCUT2D eigenvalue weighted by molar-refractivity contribution is 6.02. The first-order chi connectivity index (χ1) is 40.0. The van der Waals surface area contributed by atoms with Crippen LogP contribution in [-0.2, 0) is 64.2 Å². The van der Waals surface area contributed by atoms with Crippen LogP contribution >= 0.6 is 12.4 Å². The maximum absolute atomic E-state index is 13.7. The second-order valence-corrected chi connectivity index (χ2v) is 24.5. The van der Waals surface area contributed by atoms with Gasteiger partial charge in [-0.2, -0.15) is 0 Å². The van der Waals surface area contributed by atoms with E-state index in [2.05, 4.69) is 113 Å². The maximum Gasteiger partial charge on any atom is 0.408 e. The standard InChI is InChI=1S/C34H40N2O6.C21H19NO.C13H23NO6.CH4.ClH/c1-33(2,3)41-30(37)21-28(35-32(39)42-34(4,5)6)31(38)36-19-18-26-20-27(16-17-29(26)36)40-22-23-12-14-25(15-13-23)24-10-8-7-9-11-24;1-2-4-17(5-3-1)18-8-6-16(7-9-18)15-23-20-10-11-21-19(14-20)12-13-22-21;1-12(2,3)19-9(15)7-8(10(16)17)14-11(18)20-13(4,5)6;;/h7-17,20,28H,18-19,21-22H2,1-6H3,(H,35,39);1-11,14,22H,12-13,15H2;8H,7H2,1-6H3,(H,14,18)(H,16,17);1H4;1H/t28-;;8-;;/m1.1../s1. The second kappa shape index (κ2) is 31.7. The molecule has 2 heterocycles. The highest BCUT2D eigenvalue weighted by Gasteiger charge is 2.35. The first kappa shape index (κ1) is 70.9. The summed E-state index contributed by atoms with van der Waals surface area (Å²) in [5, 5.41) is 17.1. The van der Waals surface area contributed by atoms with E-state index in [4.69, 9.17) is 33.5 Å². The van der Waals surface area contributed by atoms with E-state index in [1.165, 1.54) is 27.9 Å². The molecular weight excluding hydrogens is 1130 g/mol. The van der Waals surface area contributed by atoms with Gasteiger partial charge in [-0.05, 0) is 177 Å². The SMILES string of the molecule is C.CC(C)(C)OC(=O)C[C@@H](NC(=O)OC(C)(C)C)C(=O)N1CCc2cc(OCc3ccc(-c4ccccc4)cc3)ccc21.CC(C)(C)OC(=O)C[C@@H](NC(=O)OC(C)(C)C)C(=O)O.Cl.c1ccc(-c2ccc(COc3ccc4c(c3)CCN4)cc2)cc1. The summed E-state index contributed by atoms with van der Waals surface area (Å²) in [5.74, 6) is -1.39. The molecule has 2 aliphatic heterocycles. The zero-order valence-electron chi connectivity index (χ0n) is 51.4. The fraction of sp³-hybridized carbons (Fsp3) is 0.391. The molecular formula is C69H87ClN4O13. The minimum absolute atomic E-state index is 0. The van der Waals surface area contributed by atoms with Gasteiger partial charge in [-0.3, -0.25) is 14.4 Å². The molecule has 0 aromatic heterocycles. The molecule has 4 N–H and O–H groups in total. The number of halogens is 1. The molecule has 6 aromatic rings. The highest BCUT2D eigenvalue weighted by atomic mass is 35.5. The summed E-state index contributed by atoms with van der Waals surface area (Å²) < 4.78 is 32.7. The van der Waals surface area contributed by atoms with Crippen LogP contribution in [0.5, 0.6) is 11.5 Å². The molecule has 17 nitrogen and oxygen atoms in total. The van der Waals surface area contributed by atoms with E-state index < -0.39 is 76.9 Å². The van der Waals surface area contributed by atoms with Crippen LogP contribution in [0.15, 0.2) is 146 Å². The Balaban J connectivity index is 0.000000304. The largest absolute Gasteiger partial charge is 0.489 e. The molecule has 0 bridgehead atoms. The fourth-order valence-corrected chi connectivity index (χ4v) is 8.84. The predicted octanol–water partition coefficient (Wildman–Crippen LogP) is 14.1. The van der Waals surface area contributed by atoms with Gasteiger partial charge in [0.25, 0.3) is 0 Å². The number of carboxylic acids is 1. The monoisotopic (exact) mass is 1210 g/mol. The third kappa shape index (κ3) is 24.4. The number of amides is 3. The smallest absolute Gasteiger partial charge is 0.408 e. The Kier molecular flexibility index (Phi) is 25.8. The van der Waals surface area contributed by atoms with E-state index in [0.29, 0.717) is 31.9 Å². The van der Waals surface area contributed by atoms with Crippen molar-refractivity contribution in [3.05, 3.63) is 168 Å². The van der Waals surface area contributed by atoms with E-state index in [1.54, 1.807) is 88.0 Å². The van der Waals surface area contributed by atoms with Crippen molar-refractivity contribution < 1.29 is 62.3 Å². The van der Waals surface area contributed by atoms with Gasteiger partial charge in [0.1, 0.15) is 59.2 Å². The lowest BCUT2D eigenvalue weighted by Crippen LogP contribution is -2.50. The minimum Gasteiger partial charge on any atom is -0.489 e. The van der Waals surface area contributed by atoms with Gasteiger partial charge in [0, 0.05) is 24.5 Å². The molecule has 0 saturated heterocycles. The fourth-order valence-electron chi connectivity index (χ4n) is 8.84. The molecule has 18 heteroatoms. The van der Waals surface area contributed by atoms with Crippen molar-refractivity contribution in [2.24, 2.45) is 0 Å². The van der Waals surface area contributed by atoms with E-state index in [0.717, 1.165) is 46.7 Å². The summed E-state index contributed by atoms with van der Waals surface area (Å²) >= 11 is 0. The molecule has 0 radical (unpaired) electrons. The van der Waals surface area contributed by atoms with Crippen molar-refractivity contribution in [3.8, 4) is 33.8 Å². The topological polar surface area (TPSA) is 217 Å². The van der Waals surface area contributed by atoms with Gasteiger partial charge < -0.3 is 54.4 Å². The number of benzene rings is 6. The van der Waals surface area contributed by atoms with Crippen LogP contribution in [0.3, 0.4) is 0 Å².